The summed E-state index contributed by atoms with van der Waals surface area (Å²) >= 11 is 0. The number of rotatable bonds is 2. The van der Waals surface area contributed by atoms with Gasteiger partial charge in [0.15, 0.2) is 0 Å². The van der Waals surface area contributed by atoms with E-state index in [0.29, 0.717) is 5.92 Å². The Hall–Kier alpha value is -1.28. The highest BCUT2D eigenvalue weighted by Gasteiger charge is 2.18. The largest absolute Gasteiger partial charge is 0.361 e. The van der Waals surface area contributed by atoms with E-state index in [9.17, 15) is 0 Å². The Labute approximate surface area is 102 Å². The highest BCUT2D eigenvalue weighted by molar-refractivity contribution is 5.84. The van der Waals surface area contributed by atoms with Crippen molar-refractivity contribution in [2.45, 2.75) is 32.1 Å². The molecule has 0 amide bonds. The predicted molar refractivity (Wildman–Crippen MR) is 72.5 cm³/mol. The molecule has 0 radical (unpaired) electrons. The fourth-order valence-corrected chi connectivity index (χ4v) is 2.86. The number of nitrogens with one attached hydrogen (secondary N) is 2. The molecule has 2 nitrogen and oxygen atoms in total. The van der Waals surface area contributed by atoms with Crippen molar-refractivity contribution in [3.05, 3.63) is 35.5 Å². The Morgan fingerprint density at radius 2 is 2.29 bits per heavy atom. The summed E-state index contributed by atoms with van der Waals surface area (Å²) < 4.78 is 0. The van der Waals surface area contributed by atoms with E-state index in [1.165, 1.54) is 41.4 Å². The summed E-state index contributed by atoms with van der Waals surface area (Å²) in [5, 5.41) is 4.93. The van der Waals surface area contributed by atoms with Gasteiger partial charge in [-0.1, -0.05) is 13.0 Å². The average Bonchev–Trinajstić information content (AvgIpc) is 2.82. The average molecular weight is 228 g/mol. The second-order valence-electron chi connectivity index (χ2n) is 5.02. The van der Waals surface area contributed by atoms with Crippen molar-refractivity contribution >= 4 is 10.9 Å². The van der Waals surface area contributed by atoms with Gasteiger partial charge in [-0.25, -0.2) is 0 Å². The minimum absolute atomic E-state index is 0.685. The van der Waals surface area contributed by atoms with Crippen molar-refractivity contribution in [1.29, 1.82) is 0 Å². The number of piperidine rings is 1. The van der Waals surface area contributed by atoms with Gasteiger partial charge in [-0.3, -0.25) is 0 Å². The van der Waals surface area contributed by atoms with Gasteiger partial charge in [-0.15, -0.1) is 0 Å². The van der Waals surface area contributed by atoms with Crippen LogP contribution in [0, 0.1) is 0 Å². The van der Waals surface area contributed by atoms with Gasteiger partial charge >= 0.3 is 0 Å². The second kappa shape index (κ2) is 4.53. The van der Waals surface area contributed by atoms with Gasteiger partial charge < -0.3 is 10.3 Å². The van der Waals surface area contributed by atoms with Crippen LogP contribution >= 0.6 is 0 Å². The zero-order valence-electron chi connectivity index (χ0n) is 10.4. The van der Waals surface area contributed by atoms with Gasteiger partial charge in [0.2, 0.25) is 0 Å². The lowest BCUT2D eigenvalue weighted by atomic mass is 9.91. The number of aromatic nitrogens is 1. The summed E-state index contributed by atoms with van der Waals surface area (Å²) in [6.45, 7) is 4.53. The van der Waals surface area contributed by atoms with E-state index >= 15 is 0 Å². The van der Waals surface area contributed by atoms with Gasteiger partial charge in [-0.05, 0) is 55.0 Å². The molecule has 0 spiro atoms. The van der Waals surface area contributed by atoms with E-state index in [2.05, 4.69) is 41.6 Å². The van der Waals surface area contributed by atoms with Crippen LogP contribution in [0.25, 0.3) is 10.9 Å². The summed E-state index contributed by atoms with van der Waals surface area (Å²) in [6, 6.07) is 6.80. The molecule has 2 heteroatoms. The molecule has 1 saturated heterocycles. The predicted octanol–water partition coefficient (Wildman–Crippen LogP) is 3.20. The van der Waals surface area contributed by atoms with Crippen LogP contribution < -0.4 is 5.32 Å². The van der Waals surface area contributed by atoms with Gasteiger partial charge in [-0.2, -0.15) is 0 Å². The van der Waals surface area contributed by atoms with E-state index in [1.807, 2.05) is 0 Å². The fraction of sp³-hybridized carbons (Fsp3) is 0.467. The van der Waals surface area contributed by atoms with Crippen LogP contribution in [-0.4, -0.2) is 18.1 Å². The molecule has 17 heavy (non-hydrogen) atoms. The fourth-order valence-electron chi connectivity index (χ4n) is 2.86. The van der Waals surface area contributed by atoms with Crippen molar-refractivity contribution in [2.75, 3.05) is 13.1 Å². The Balaban J connectivity index is 2.02. The summed E-state index contributed by atoms with van der Waals surface area (Å²) in [6.07, 6.45) is 5.94. The number of hydrogen-bond donors (Lipinski definition) is 2. The molecule has 1 aromatic heterocycles. The van der Waals surface area contributed by atoms with Gasteiger partial charge in [0.05, 0.1) is 0 Å². The number of H-pyrrole nitrogens is 1. The summed E-state index contributed by atoms with van der Waals surface area (Å²) in [4.78, 5) is 3.41. The number of fused-ring (bicyclic) bond motifs is 1. The quantitative estimate of drug-likeness (QED) is 0.811. The molecule has 0 aliphatic carbocycles. The molecule has 0 bridgehead atoms. The maximum Gasteiger partial charge on any atom is 0.0457 e. The minimum Gasteiger partial charge on any atom is -0.361 e. The SMILES string of the molecule is CCc1ccc2[nH]cc(C3CCCNC3)c2c1. The zero-order valence-corrected chi connectivity index (χ0v) is 10.4. The molecule has 1 fully saturated rings. The topological polar surface area (TPSA) is 27.8 Å². The van der Waals surface area contributed by atoms with Crippen LogP contribution in [0.1, 0.15) is 36.8 Å². The third-order valence-corrected chi connectivity index (χ3v) is 3.92. The van der Waals surface area contributed by atoms with E-state index in [-0.39, 0.29) is 0 Å². The molecule has 2 aromatic rings. The molecule has 0 saturated carbocycles. The van der Waals surface area contributed by atoms with E-state index in [4.69, 9.17) is 0 Å². The van der Waals surface area contributed by atoms with Gasteiger partial charge in [0, 0.05) is 23.6 Å². The Kier molecular flexibility index (Phi) is 2.89. The Bertz CT molecular complexity index is 507. The second-order valence-corrected chi connectivity index (χ2v) is 5.02. The van der Waals surface area contributed by atoms with Crippen molar-refractivity contribution in [3.63, 3.8) is 0 Å². The molecule has 3 rings (SSSR count). The van der Waals surface area contributed by atoms with Crippen LogP contribution in [0.5, 0.6) is 0 Å². The lowest BCUT2D eigenvalue weighted by Crippen LogP contribution is -2.28. The lowest BCUT2D eigenvalue weighted by molar-refractivity contribution is 0.463. The maximum atomic E-state index is 3.50. The molecule has 2 heterocycles. The third kappa shape index (κ3) is 1.98. The van der Waals surface area contributed by atoms with Crippen LogP contribution in [0.2, 0.25) is 0 Å². The Morgan fingerprint density at radius 3 is 3.06 bits per heavy atom. The zero-order chi connectivity index (χ0) is 11.7. The van der Waals surface area contributed by atoms with Crippen molar-refractivity contribution in [1.82, 2.24) is 10.3 Å². The molecule has 1 unspecified atom stereocenters. The number of hydrogen-bond acceptors (Lipinski definition) is 1. The Morgan fingerprint density at radius 1 is 1.35 bits per heavy atom. The van der Waals surface area contributed by atoms with Crippen LogP contribution in [0.15, 0.2) is 24.4 Å². The summed E-state index contributed by atoms with van der Waals surface area (Å²) in [7, 11) is 0. The highest BCUT2D eigenvalue weighted by Crippen LogP contribution is 2.30. The first kappa shape index (κ1) is 10.8. The van der Waals surface area contributed by atoms with E-state index in [1.54, 1.807) is 0 Å². The molecule has 1 aromatic carbocycles. The van der Waals surface area contributed by atoms with Crippen molar-refractivity contribution in [2.24, 2.45) is 0 Å². The highest BCUT2D eigenvalue weighted by atomic mass is 14.9. The molecule has 1 atom stereocenters. The monoisotopic (exact) mass is 228 g/mol. The lowest BCUT2D eigenvalue weighted by Gasteiger charge is -2.22. The first-order chi connectivity index (χ1) is 8.38. The maximum absolute atomic E-state index is 3.50. The summed E-state index contributed by atoms with van der Waals surface area (Å²) in [5.41, 5.74) is 4.22. The van der Waals surface area contributed by atoms with E-state index < -0.39 is 0 Å². The minimum atomic E-state index is 0.685. The number of aromatic amines is 1. The molecular weight excluding hydrogens is 208 g/mol. The first-order valence-electron chi connectivity index (χ1n) is 6.69. The molecule has 90 valence electrons. The summed E-state index contributed by atoms with van der Waals surface area (Å²) in [5.74, 6) is 0.685. The standard InChI is InChI=1S/C15H20N2/c1-2-11-5-6-15-13(8-11)14(10-17-15)12-4-3-7-16-9-12/h5-6,8,10,12,16-17H,2-4,7,9H2,1H3. The van der Waals surface area contributed by atoms with Gasteiger partial charge in [0.1, 0.15) is 0 Å². The molecule has 1 aliphatic heterocycles. The molecule has 1 aliphatic rings. The normalized spacial score (nSPS) is 20.9. The van der Waals surface area contributed by atoms with Crippen LogP contribution in [0.3, 0.4) is 0 Å². The van der Waals surface area contributed by atoms with Crippen LogP contribution in [-0.2, 0) is 6.42 Å². The smallest absolute Gasteiger partial charge is 0.0457 e. The molecular formula is C15H20N2. The van der Waals surface area contributed by atoms with Gasteiger partial charge in [0.25, 0.3) is 0 Å². The molecule has 2 N–H and O–H groups in total. The van der Waals surface area contributed by atoms with Crippen molar-refractivity contribution in [3.8, 4) is 0 Å². The number of aryl methyl sites for hydroxylation is 1. The van der Waals surface area contributed by atoms with Crippen molar-refractivity contribution < 1.29 is 0 Å². The van der Waals surface area contributed by atoms with E-state index in [0.717, 1.165) is 13.0 Å². The third-order valence-electron chi connectivity index (χ3n) is 3.92. The number of benzene rings is 1. The first-order valence-corrected chi connectivity index (χ1v) is 6.69. The van der Waals surface area contributed by atoms with Crippen LogP contribution in [0.4, 0.5) is 0 Å².